The zero-order valence-corrected chi connectivity index (χ0v) is 21.1. The number of H-pyrrole nitrogens is 1. The summed E-state index contributed by atoms with van der Waals surface area (Å²) in [5.74, 6) is 1.12. The van der Waals surface area contributed by atoms with Crippen LogP contribution in [0.15, 0.2) is 54.7 Å². The van der Waals surface area contributed by atoms with Crippen LogP contribution in [0.4, 0.5) is 10.1 Å². The van der Waals surface area contributed by atoms with Crippen LogP contribution in [0.25, 0.3) is 10.9 Å². The van der Waals surface area contributed by atoms with Crippen LogP contribution in [0.3, 0.4) is 0 Å². The monoisotopic (exact) mass is 508 g/mol. The van der Waals surface area contributed by atoms with Crippen LogP contribution in [0.1, 0.15) is 27.5 Å². The van der Waals surface area contributed by atoms with Gasteiger partial charge in [-0.3, -0.25) is 4.79 Å². The van der Waals surface area contributed by atoms with E-state index in [1.165, 1.54) is 32.4 Å². The third-order valence-electron chi connectivity index (χ3n) is 6.02. The van der Waals surface area contributed by atoms with Crippen molar-refractivity contribution in [2.45, 2.75) is 13.0 Å². The van der Waals surface area contributed by atoms with Crippen molar-refractivity contribution in [1.29, 1.82) is 0 Å². The first-order chi connectivity index (χ1) is 17.9. The normalized spacial score (nSPS) is 11.7. The third-order valence-corrected chi connectivity index (χ3v) is 6.02. The molecule has 0 fully saturated rings. The summed E-state index contributed by atoms with van der Waals surface area (Å²) in [7, 11) is 4.53. The highest BCUT2D eigenvalue weighted by Gasteiger charge is 2.28. The molecule has 3 N–H and O–H groups in total. The minimum absolute atomic E-state index is 0.0961. The summed E-state index contributed by atoms with van der Waals surface area (Å²) in [6, 6.07) is 11.9. The number of aliphatic hydroxyl groups excluding tert-OH is 1. The second-order valence-electron chi connectivity index (χ2n) is 8.37. The van der Waals surface area contributed by atoms with E-state index in [0.717, 1.165) is 16.5 Å². The summed E-state index contributed by atoms with van der Waals surface area (Å²) in [5.41, 5.74) is 3.05. The number of Topliss-reactive ketones (excluding diaryl/α,β-unsaturated/α-hetero) is 1. The summed E-state index contributed by atoms with van der Waals surface area (Å²) >= 11 is 0. The lowest BCUT2D eigenvalue weighted by atomic mass is 9.95. The van der Waals surface area contributed by atoms with Crippen molar-refractivity contribution in [3.05, 3.63) is 77.2 Å². The molecule has 1 atom stereocenters. The maximum absolute atomic E-state index is 14.1. The molecule has 4 aromatic rings. The number of anilines is 1. The van der Waals surface area contributed by atoms with Gasteiger partial charge in [-0.1, -0.05) is 0 Å². The van der Waals surface area contributed by atoms with Crippen molar-refractivity contribution in [3.8, 4) is 23.0 Å². The molecule has 0 bridgehead atoms. The first-order valence-corrected chi connectivity index (χ1v) is 11.6. The lowest BCUT2D eigenvalue weighted by Crippen LogP contribution is -2.22. The van der Waals surface area contributed by atoms with Crippen LogP contribution >= 0.6 is 0 Å². The van der Waals surface area contributed by atoms with Gasteiger partial charge in [0, 0.05) is 64.2 Å². The van der Waals surface area contributed by atoms with Gasteiger partial charge in [-0.25, -0.2) is 4.39 Å². The average molecular weight is 509 g/mol. The molecule has 1 aromatic heterocycles. The zero-order valence-electron chi connectivity index (χ0n) is 21.1. The molecule has 0 spiro atoms. The molecule has 3 aromatic carbocycles. The topological polar surface area (TPSA) is 102 Å². The molecule has 0 aliphatic rings. The maximum Gasteiger partial charge on any atom is 0.191 e. The molecule has 0 amide bonds. The van der Waals surface area contributed by atoms with Crippen LogP contribution in [0.5, 0.6) is 23.0 Å². The molecule has 9 heteroatoms. The third kappa shape index (κ3) is 5.46. The number of ketones is 1. The number of aryl methyl sites for hydroxylation is 1. The van der Waals surface area contributed by atoms with Crippen molar-refractivity contribution in [2.75, 3.05) is 39.9 Å². The van der Waals surface area contributed by atoms with Crippen molar-refractivity contribution >= 4 is 22.4 Å². The highest BCUT2D eigenvalue weighted by Crippen LogP contribution is 2.36. The number of hydrogen-bond acceptors (Lipinski definition) is 7. The number of rotatable bonds is 11. The van der Waals surface area contributed by atoms with E-state index in [9.17, 15) is 9.18 Å². The van der Waals surface area contributed by atoms with Crippen LogP contribution in [0.2, 0.25) is 0 Å². The predicted molar refractivity (Wildman–Crippen MR) is 139 cm³/mol. The smallest absolute Gasteiger partial charge is 0.191 e. The van der Waals surface area contributed by atoms with Crippen molar-refractivity contribution in [1.82, 2.24) is 4.98 Å². The van der Waals surface area contributed by atoms with Crippen LogP contribution < -0.4 is 24.3 Å². The van der Waals surface area contributed by atoms with E-state index in [0.29, 0.717) is 34.1 Å². The number of aromatic nitrogens is 1. The summed E-state index contributed by atoms with van der Waals surface area (Å²) in [4.78, 5) is 17.2. The highest BCUT2D eigenvalue weighted by molar-refractivity contribution is 6.12. The fraction of sp³-hybridized carbons (Fsp3) is 0.250. The van der Waals surface area contributed by atoms with Crippen LogP contribution in [-0.4, -0.2) is 50.4 Å². The molecule has 194 valence electrons. The van der Waals surface area contributed by atoms with E-state index >= 15 is 0 Å². The van der Waals surface area contributed by atoms with Gasteiger partial charge in [0.2, 0.25) is 0 Å². The SMILES string of the molecule is COc1cc(NC(C(=O)c2c[nH]c3cc(OC)c(C)cc23)c2ccc(F)cc2OC)cc(OCCO)c1. The molecule has 0 saturated heterocycles. The first-order valence-electron chi connectivity index (χ1n) is 11.6. The summed E-state index contributed by atoms with van der Waals surface area (Å²) in [5, 5.41) is 13.1. The standard InChI is InChI=1S/C28H29FN2O6/c1-16-9-22-23(15-30-24(22)14-25(16)35-3)28(33)27(21-6-5-17(29)10-26(21)36-4)31-18-11-19(34-2)13-20(12-18)37-8-7-32/h5-6,9-15,27,30-32H,7-8H2,1-4H3. The van der Waals surface area contributed by atoms with Crippen molar-refractivity contribution < 1.29 is 33.2 Å². The number of nitrogens with one attached hydrogen (secondary N) is 2. The number of halogens is 1. The Labute approximate surface area is 213 Å². The van der Waals surface area contributed by atoms with Gasteiger partial charge in [0.05, 0.1) is 27.9 Å². The Kier molecular flexibility index (Phi) is 7.83. The summed E-state index contributed by atoms with van der Waals surface area (Å²) in [6.07, 6.45) is 1.65. The molecule has 0 saturated carbocycles. The molecule has 1 unspecified atom stereocenters. The Morgan fingerprint density at radius 2 is 1.76 bits per heavy atom. The van der Waals surface area contributed by atoms with E-state index in [-0.39, 0.29) is 24.7 Å². The largest absolute Gasteiger partial charge is 0.497 e. The number of aromatic amines is 1. The average Bonchev–Trinajstić information content (AvgIpc) is 3.32. The predicted octanol–water partition coefficient (Wildman–Crippen LogP) is 5.05. The molecular weight excluding hydrogens is 479 g/mol. The van der Waals surface area contributed by atoms with Crippen LogP contribution in [0, 0.1) is 12.7 Å². The number of carbonyl (C=O) groups excluding carboxylic acids is 1. The number of carbonyl (C=O) groups is 1. The lowest BCUT2D eigenvalue weighted by Gasteiger charge is -2.22. The summed E-state index contributed by atoms with van der Waals surface area (Å²) < 4.78 is 35.8. The molecule has 0 radical (unpaired) electrons. The fourth-order valence-corrected chi connectivity index (χ4v) is 4.23. The van der Waals surface area contributed by atoms with Gasteiger partial charge in [-0.15, -0.1) is 0 Å². The van der Waals surface area contributed by atoms with E-state index < -0.39 is 11.9 Å². The number of methoxy groups -OCH3 is 3. The lowest BCUT2D eigenvalue weighted by molar-refractivity contribution is 0.0970. The second kappa shape index (κ2) is 11.2. The quantitative estimate of drug-likeness (QED) is 0.244. The number of fused-ring (bicyclic) bond motifs is 1. The molecule has 4 rings (SSSR count). The number of benzene rings is 3. The number of aliphatic hydroxyl groups is 1. The van der Waals surface area contributed by atoms with Crippen molar-refractivity contribution in [2.24, 2.45) is 0 Å². The minimum atomic E-state index is -0.949. The molecule has 0 aliphatic heterocycles. The Morgan fingerprint density at radius 1 is 1.00 bits per heavy atom. The number of hydrogen-bond donors (Lipinski definition) is 3. The van der Waals surface area contributed by atoms with E-state index in [1.54, 1.807) is 31.5 Å². The van der Waals surface area contributed by atoms with Gasteiger partial charge in [0.15, 0.2) is 5.78 Å². The highest BCUT2D eigenvalue weighted by atomic mass is 19.1. The maximum atomic E-state index is 14.1. The molecule has 0 aliphatic carbocycles. The van der Waals surface area contributed by atoms with Gasteiger partial charge in [-0.05, 0) is 30.7 Å². The van der Waals surface area contributed by atoms with Gasteiger partial charge in [-0.2, -0.15) is 0 Å². The Balaban J connectivity index is 1.82. The molecule has 37 heavy (non-hydrogen) atoms. The molecule has 8 nitrogen and oxygen atoms in total. The molecule has 1 heterocycles. The summed E-state index contributed by atoms with van der Waals surface area (Å²) in [6.45, 7) is 1.85. The van der Waals surface area contributed by atoms with E-state index in [1.807, 2.05) is 19.1 Å². The van der Waals surface area contributed by atoms with Crippen LogP contribution in [-0.2, 0) is 0 Å². The van der Waals surface area contributed by atoms with E-state index in [2.05, 4.69) is 10.3 Å². The van der Waals surface area contributed by atoms with Crippen molar-refractivity contribution in [3.63, 3.8) is 0 Å². The Hall–Kier alpha value is -4.24. The second-order valence-corrected chi connectivity index (χ2v) is 8.37. The Bertz CT molecular complexity index is 1420. The fourth-order valence-electron chi connectivity index (χ4n) is 4.23. The number of ether oxygens (including phenoxy) is 4. The van der Waals surface area contributed by atoms with Gasteiger partial charge < -0.3 is 34.4 Å². The van der Waals surface area contributed by atoms with Gasteiger partial charge in [0.1, 0.15) is 41.5 Å². The zero-order chi connectivity index (χ0) is 26.5. The van der Waals surface area contributed by atoms with Gasteiger partial charge >= 0.3 is 0 Å². The molecular formula is C28H29FN2O6. The Morgan fingerprint density at radius 3 is 2.46 bits per heavy atom. The minimum Gasteiger partial charge on any atom is -0.497 e. The van der Waals surface area contributed by atoms with E-state index in [4.69, 9.17) is 24.1 Å². The first kappa shape index (κ1) is 25.8. The van der Waals surface area contributed by atoms with Gasteiger partial charge in [0.25, 0.3) is 0 Å².